The van der Waals surface area contributed by atoms with Gasteiger partial charge in [0.2, 0.25) is 5.43 Å². The highest BCUT2D eigenvalue weighted by Crippen LogP contribution is 2.35. The van der Waals surface area contributed by atoms with Crippen LogP contribution in [0.3, 0.4) is 0 Å². The summed E-state index contributed by atoms with van der Waals surface area (Å²) in [5.41, 5.74) is -2.81. The van der Waals surface area contributed by atoms with E-state index in [1.165, 1.54) is 12.3 Å². The molecule has 0 radical (unpaired) electrons. The first-order chi connectivity index (χ1) is 17.5. The number of carboxylic acids is 2. The Labute approximate surface area is 204 Å². The van der Waals surface area contributed by atoms with Crippen molar-refractivity contribution < 1.29 is 33.5 Å². The number of carboxylic acid groups (broad SMARTS) is 2. The number of nitro groups is 1. The first kappa shape index (κ1) is 23.6. The van der Waals surface area contributed by atoms with Gasteiger partial charge in [-0.3, -0.25) is 14.9 Å². The summed E-state index contributed by atoms with van der Waals surface area (Å²) in [7, 11) is 0. The van der Waals surface area contributed by atoms with Crippen molar-refractivity contribution in [2.45, 2.75) is 13.1 Å². The van der Waals surface area contributed by atoms with Gasteiger partial charge in [-0.25, -0.2) is 23.4 Å². The fraction of sp³-hybridized carbons (Fsp3) is 0.130. The molecule has 0 saturated carbocycles. The number of nitrogens with zero attached hydrogens (tertiary/aromatic N) is 5. The van der Waals surface area contributed by atoms with Gasteiger partial charge >= 0.3 is 11.9 Å². The molecule has 1 aliphatic heterocycles. The number of benzene rings is 2. The number of hydrogen-bond acceptors (Lipinski definition) is 7. The lowest BCUT2D eigenvalue weighted by Gasteiger charge is -2.29. The standard InChI is InChI=1S/C23H15F2N5O7/c24-11-1-2-16(14(25)5-11)29-8-13(22(32)33)21(31)12-6-19(30(36)37)18(7-17(12)29)27-3-4-28-9-15(23(34)35)26-20(28)10-27/h1-2,5-9H,3-4,10H2,(H,32,33)(H,34,35). The van der Waals surface area contributed by atoms with Gasteiger partial charge in [0.25, 0.3) is 5.69 Å². The fourth-order valence-electron chi connectivity index (χ4n) is 4.34. The van der Waals surface area contributed by atoms with Crippen LogP contribution in [0.1, 0.15) is 26.7 Å². The van der Waals surface area contributed by atoms with Crippen molar-refractivity contribution in [1.82, 2.24) is 14.1 Å². The second kappa shape index (κ2) is 8.51. The van der Waals surface area contributed by atoms with Gasteiger partial charge in [0.05, 0.1) is 28.1 Å². The molecule has 0 amide bonds. The molecule has 5 rings (SSSR count). The highest BCUT2D eigenvalue weighted by Gasteiger charge is 2.29. The zero-order valence-corrected chi connectivity index (χ0v) is 18.6. The van der Waals surface area contributed by atoms with Gasteiger partial charge in [-0.2, -0.15) is 0 Å². The van der Waals surface area contributed by atoms with Crippen LogP contribution in [0.15, 0.2) is 47.5 Å². The predicted octanol–water partition coefficient (Wildman–Crippen LogP) is 2.79. The molecule has 2 N–H and O–H groups in total. The summed E-state index contributed by atoms with van der Waals surface area (Å²) in [4.78, 5) is 52.8. The lowest BCUT2D eigenvalue weighted by molar-refractivity contribution is -0.384. The Morgan fingerprint density at radius 3 is 2.43 bits per heavy atom. The number of rotatable bonds is 5. The third-order valence-electron chi connectivity index (χ3n) is 6.06. The average Bonchev–Trinajstić information content (AvgIpc) is 3.28. The number of fused-ring (bicyclic) bond motifs is 2. The van der Waals surface area contributed by atoms with Crippen molar-refractivity contribution in [1.29, 1.82) is 0 Å². The minimum absolute atomic E-state index is 0.0119. The van der Waals surface area contributed by atoms with E-state index in [0.29, 0.717) is 11.9 Å². The topological polar surface area (TPSA) is 161 Å². The predicted molar refractivity (Wildman–Crippen MR) is 123 cm³/mol. The van der Waals surface area contributed by atoms with Gasteiger partial charge in [-0.1, -0.05) is 0 Å². The molecule has 0 atom stereocenters. The Morgan fingerprint density at radius 1 is 1.03 bits per heavy atom. The first-order valence-electron chi connectivity index (χ1n) is 10.7. The first-order valence-corrected chi connectivity index (χ1v) is 10.7. The highest BCUT2D eigenvalue weighted by molar-refractivity contribution is 5.96. The largest absolute Gasteiger partial charge is 0.477 e. The van der Waals surface area contributed by atoms with Crippen molar-refractivity contribution in [3.05, 3.63) is 91.8 Å². The smallest absolute Gasteiger partial charge is 0.356 e. The van der Waals surface area contributed by atoms with Gasteiger partial charge in [0.15, 0.2) is 5.69 Å². The molecule has 37 heavy (non-hydrogen) atoms. The molecule has 1 aliphatic rings. The van der Waals surface area contributed by atoms with E-state index in [9.17, 15) is 43.5 Å². The molecule has 188 valence electrons. The van der Waals surface area contributed by atoms with Gasteiger partial charge in [0, 0.05) is 37.6 Å². The Morgan fingerprint density at radius 2 is 1.78 bits per heavy atom. The molecule has 0 aliphatic carbocycles. The van der Waals surface area contributed by atoms with E-state index in [2.05, 4.69) is 4.98 Å². The number of aromatic nitrogens is 3. The van der Waals surface area contributed by atoms with Crippen LogP contribution in [0, 0.1) is 21.7 Å². The summed E-state index contributed by atoms with van der Waals surface area (Å²) in [6, 6.07) is 4.74. The molecule has 4 aromatic rings. The van der Waals surface area contributed by atoms with Gasteiger partial charge in [-0.15, -0.1) is 0 Å². The van der Waals surface area contributed by atoms with Crippen molar-refractivity contribution in [2.24, 2.45) is 0 Å². The molecular weight excluding hydrogens is 496 g/mol. The number of aromatic carboxylic acids is 2. The fourth-order valence-corrected chi connectivity index (χ4v) is 4.34. The van der Waals surface area contributed by atoms with E-state index in [-0.39, 0.29) is 47.6 Å². The molecule has 3 heterocycles. The lowest BCUT2D eigenvalue weighted by atomic mass is 10.1. The van der Waals surface area contributed by atoms with Crippen LogP contribution in [-0.4, -0.2) is 47.7 Å². The molecule has 12 nitrogen and oxygen atoms in total. The molecule has 0 spiro atoms. The molecule has 14 heteroatoms. The van der Waals surface area contributed by atoms with E-state index in [1.807, 2.05) is 0 Å². The molecular formula is C23H15F2N5O7. The second-order valence-electron chi connectivity index (χ2n) is 8.22. The number of imidazole rings is 1. The summed E-state index contributed by atoms with van der Waals surface area (Å²) in [5.74, 6) is -4.47. The summed E-state index contributed by atoms with van der Waals surface area (Å²) in [5, 5.41) is 30.4. The average molecular weight is 511 g/mol. The zero-order chi connectivity index (χ0) is 26.6. The van der Waals surface area contributed by atoms with Crippen LogP contribution in [-0.2, 0) is 13.1 Å². The third kappa shape index (κ3) is 3.93. The third-order valence-corrected chi connectivity index (χ3v) is 6.06. The van der Waals surface area contributed by atoms with Crippen LogP contribution in [0.2, 0.25) is 0 Å². The van der Waals surface area contributed by atoms with Crippen LogP contribution < -0.4 is 10.3 Å². The van der Waals surface area contributed by atoms with E-state index < -0.39 is 45.2 Å². The second-order valence-corrected chi connectivity index (χ2v) is 8.22. The lowest BCUT2D eigenvalue weighted by Crippen LogP contribution is -2.34. The molecule has 0 saturated heterocycles. The van der Waals surface area contributed by atoms with Crippen LogP contribution in [0.25, 0.3) is 16.6 Å². The number of pyridine rings is 1. The quantitative estimate of drug-likeness (QED) is 0.303. The van der Waals surface area contributed by atoms with Crippen LogP contribution >= 0.6 is 0 Å². The minimum atomic E-state index is -1.63. The summed E-state index contributed by atoms with van der Waals surface area (Å²) >= 11 is 0. The van der Waals surface area contributed by atoms with Crippen LogP contribution in [0.5, 0.6) is 0 Å². The summed E-state index contributed by atoms with van der Waals surface area (Å²) in [6.07, 6.45) is 2.23. The molecule has 0 unspecified atom stereocenters. The van der Waals surface area contributed by atoms with Crippen molar-refractivity contribution in [2.75, 3.05) is 11.4 Å². The molecule has 0 fully saturated rings. The molecule has 2 aromatic heterocycles. The van der Waals surface area contributed by atoms with E-state index in [1.54, 1.807) is 9.47 Å². The summed E-state index contributed by atoms with van der Waals surface area (Å²) in [6.45, 7) is 0.446. The number of anilines is 1. The normalized spacial score (nSPS) is 13.0. The number of hydrogen-bond donors (Lipinski definition) is 2. The van der Waals surface area contributed by atoms with Crippen LogP contribution in [0.4, 0.5) is 20.2 Å². The maximum absolute atomic E-state index is 14.7. The van der Waals surface area contributed by atoms with E-state index in [4.69, 9.17) is 0 Å². The van der Waals surface area contributed by atoms with Gasteiger partial charge in [0.1, 0.15) is 28.7 Å². The monoisotopic (exact) mass is 511 g/mol. The number of carbonyl (C=O) groups is 2. The molecule has 2 aromatic carbocycles. The Balaban J connectivity index is 1.76. The van der Waals surface area contributed by atoms with Crippen molar-refractivity contribution in [3.63, 3.8) is 0 Å². The minimum Gasteiger partial charge on any atom is -0.477 e. The molecule has 0 bridgehead atoms. The van der Waals surface area contributed by atoms with E-state index >= 15 is 0 Å². The van der Waals surface area contributed by atoms with E-state index in [0.717, 1.165) is 29.0 Å². The van der Waals surface area contributed by atoms with Crippen molar-refractivity contribution in [3.8, 4) is 5.69 Å². The Bertz CT molecular complexity index is 1710. The zero-order valence-electron chi connectivity index (χ0n) is 18.6. The highest BCUT2D eigenvalue weighted by atomic mass is 19.1. The number of nitro benzene ring substituents is 1. The maximum atomic E-state index is 14.7. The van der Waals surface area contributed by atoms with Gasteiger partial charge in [-0.05, 0) is 18.2 Å². The SMILES string of the molecule is O=C(O)c1cn2c(n1)CN(c1cc3c(cc1[N+](=O)[O-])c(=O)c(C(=O)O)cn3-c1ccc(F)cc1F)CC2. The number of halogens is 2. The Kier molecular flexibility index (Phi) is 5.43. The maximum Gasteiger partial charge on any atom is 0.356 e. The van der Waals surface area contributed by atoms with Gasteiger partial charge < -0.3 is 24.2 Å². The van der Waals surface area contributed by atoms with Crippen molar-refractivity contribution >= 4 is 34.2 Å². The summed E-state index contributed by atoms with van der Waals surface area (Å²) < 4.78 is 30.9. The Hall–Kier alpha value is -5.14.